The number of halogens is 1. The molecule has 3 heterocycles. The zero-order valence-corrected chi connectivity index (χ0v) is 18.0. The number of para-hydroxylation sites is 1. The second kappa shape index (κ2) is 8.03. The summed E-state index contributed by atoms with van der Waals surface area (Å²) in [6.07, 6.45) is 8.23. The van der Waals surface area contributed by atoms with Gasteiger partial charge >= 0.3 is 0 Å². The predicted octanol–water partition coefficient (Wildman–Crippen LogP) is 4.14. The topological polar surface area (TPSA) is 45.4 Å². The Hall–Kier alpha value is -2.40. The Bertz CT molecular complexity index is 1010. The van der Waals surface area contributed by atoms with Crippen LogP contribution in [0.2, 0.25) is 5.02 Å². The lowest BCUT2D eigenvalue weighted by Gasteiger charge is -2.33. The van der Waals surface area contributed by atoms with Crippen LogP contribution < -0.4 is 9.64 Å². The van der Waals surface area contributed by atoms with E-state index in [4.69, 9.17) is 16.3 Å². The minimum Gasteiger partial charge on any atom is -0.481 e. The second-order valence-electron chi connectivity index (χ2n) is 8.63. The lowest BCUT2D eigenvalue weighted by Crippen LogP contribution is -2.43. The minimum atomic E-state index is 0.109. The molecule has 3 aliphatic rings. The van der Waals surface area contributed by atoms with Gasteiger partial charge in [-0.3, -0.25) is 4.79 Å². The van der Waals surface area contributed by atoms with Gasteiger partial charge in [0.05, 0.1) is 25.9 Å². The highest BCUT2D eigenvalue weighted by Gasteiger charge is 2.47. The summed E-state index contributed by atoms with van der Waals surface area (Å²) >= 11 is 6.42. The number of methoxy groups -OCH3 is 1. The number of nitrogens with zero attached hydrogens (tertiary/aromatic N) is 3. The van der Waals surface area contributed by atoms with Gasteiger partial charge in [0.1, 0.15) is 11.2 Å². The molecule has 2 aliphatic heterocycles. The largest absolute Gasteiger partial charge is 0.481 e. The fraction of sp³-hybridized carbons (Fsp3) is 0.458. The summed E-state index contributed by atoms with van der Waals surface area (Å²) in [5, 5.41) is 0.612. The Morgan fingerprint density at radius 3 is 3.03 bits per heavy atom. The quantitative estimate of drug-likeness (QED) is 0.677. The van der Waals surface area contributed by atoms with Crippen molar-refractivity contribution in [2.45, 2.75) is 25.7 Å². The van der Waals surface area contributed by atoms with Crippen molar-refractivity contribution in [2.75, 3.05) is 31.6 Å². The number of carbonyl (C=O) groups is 1. The summed E-state index contributed by atoms with van der Waals surface area (Å²) in [5.74, 6) is 1.68. The molecule has 2 aromatic rings. The monoisotopic (exact) mass is 424 g/mol. The number of aryl methyl sites for hydroxylation is 1. The van der Waals surface area contributed by atoms with E-state index in [9.17, 15) is 4.79 Å². The molecule has 0 spiro atoms. The van der Waals surface area contributed by atoms with Gasteiger partial charge < -0.3 is 9.64 Å². The molecule has 5 rings (SSSR count). The predicted molar refractivity (Wildman–Crippen MR) is 118 cm³/mol. The number of carbonyl (C=O) groups excluding carboxylic acids is 1. The maximum Gasteiger partial charge on any atom is 0.230 e. The average molecular weight is 425 g/mol. The standard InChI is InChI=1S/C24H27ClN3O2/c1-30-23-11-21(19(25)12-26-23)28-13-17-8-9-18(14-28)24(17)22(29)15-27-10-4-6-16-5-2-3-7-20(16)27/h2-3,5,7,11-13,17-18,24H,4,6,8-10,14-15H2,1H3/q+1/t17?,18?,24-/m1/s1. The molecule has 6 heteroatoms. The van der Waals surface area contributed by atoms with E-state index in [-0.39, 0.29) is 11.8 Å². The Morgan fingerprint density at radius 2 is 2.20 bits per heavy atom. The van der Waals surface area contributed by atoms with E-state index in [1.165, 1.54) is 11.3 Å². The third kappa shape index (κ3) is 3.49. The minimum absolute atomic E-state index is 0.109. The van der Waals surface area contributed by atoms with Crippen LogP contribution in [-0.4, -0.2) is 48.3 Å². The van der Waals surface area contributed by atoms with Crippen molar-refractivity contribution in [3.63, 3.8) is 0 Å². The average Bonchev–Trinajstić information content (AvgIpc) is 3.04. The lowest BCUT2D eigenvalue weighted by molar-refractivity contribution is -0.453. The molecule has 5 nitrogen and oxygen atoms in total. The van der Waals surface area contributed by atoms with Gasteiger partial charge in [0.15, 0.2) is 12.3 Å². The van der Waals surface area contributed by atoms with Gasteiger partial charge in [-0.05, 0) is 37.3 Å². The highest BCUT2D eigenvalue weighted by Crippen LogP contribution is 2.42. The molecule has 2 bridgehead atoms. The fourth-order valence-electron chi connectivity index (χ4n) is 5.52. The normalized spacial score (nSPS) is 24.9. The first-order chi connectivity index (χ1) is 14.6. The maximum atomic E-state index is 13.4. The zero-order valence-electron chi connectivity index (χ0n) is 17.3. The van der Waals surface area contributed by atoms with E-state index < -0.39 is 0 Å². The Kier molecular flexibility index (Phi) is 5.23. The summed E-state index contributed by atoms with van der Waals surface area (Å²) in [6.45, 7) is 2.30. The van der Waals surface area contributed by atoms with Crippen molar-refractivity contribution in [3.8, 4) is 5.88 Å². The Labute approximate surface area is 182 Å². The van der Waals surface area contributed by atoms with Crippen molar-refractivity contribution < 1.29 is 14.1 Å². The molecule has 1 aromatic heterocycles. The number of rotatable bonds is 5. The summed E-state index contributed by atoms with van der Waals surface area (Å²) in [5.41, 5.74) is 3.51. The second-order valence-corrected chi connectivity index (χ2v) is 9.03. The molecule has 1 saturated carbocycles. The number of hydrogen-bond acceptors (Lipinski definition) is 4. The Balaban J connectivity index is 1.36. The van der Waals surface area contributed by atoms with E-state index in [0.29, 0.717) is 29.1 Å². The van der Waals surface area contributed by atoms with Crippen LogP contribution in [0.4, 0.5) is 11.4 Å². The van der Waals surface area contributed by atoms with Crippen LogP contribution in [0.5, 0.6) is 5.88 Å². The van der Waals surface area contributed by atoms with Crippen LogP contribution in [-0.2, 0) is 11.2 Å². The van der Waals surface area contributed by atoms with Crippen LogP contribution in [0.3, 0.4) is 0 Å². The molecule has 0 N–H and O–H groups in total. The fourth-order valence-corrected chi connectivity index (χ4v) is 5.73. The molecular weight excluding hydrogens is 398 g/mol. The van der Waals surface area contributed by atoms with Gasteiger partial charge in [-0.2, -0.15) is 0 Å². The lowest BCUT2D eigenvalue weighted by atomic mass is 9.83. The van der Waals surface area contributed by atoms with E-state index in [1.54, 1.807) is 13.3 Å². The van der Waals surface area contributed by atoms with E-state index >= 15 is 0 Å². The van der Waals surface area contributed by atoms with E-state index in [1.807, 2.05) is 6.07 Å². The molecule has 156 valence electrons. The van der Waals surface area contributed by atoms with Crippen molar-refractivity contribution in [3.05, 3.63) is 47.1 Å². The smallest absolute Gasteiger partial charge is 0.230 e. The van der Waals surface area contributed by atoms with Crippen molar-refractivity contribution in [1.29, 1.82) is 0 Å². The van der Waals surface area contributed by atoms with Crippen LogP contribution in [0.15, 0.2) is 36.5 Å². The van der Waals surface area contributed by atoms with Gasteiger partial charge in [0.2, 0.25) is 11.6 Å². The molecule has 2 unspecified atom stereocenters. The van der Waals surface area contributed by atoms with Crippen molar-refractivity contribution in [1.82, 2.24) is 4.98 Å². The third-order valence-corrected chi connectivity index (χ3v) is 7.19. The number of Topliss-reactive ketones (excluding diaryl/α,β-unsaturated/α-hetero) is 1. The van der Waals surface area contributed by atoms with E-state index in [0.717, 1.165) is 44.5 Å². The summed E-state index contributed by atoms with van der Waals surface area (Å²) in [7, 11) is 1.61. The molecule has 30 heavy (non-hydrogen) atoms. The van der Waals surface area contributed by atoms with Gasteiger partial charge in [-0.25, -0.2) is 9.56 Å². The number of anilines is 1. The van der Waals surface area contributed by atoms with Crippen molar-refractivity contribution in [2.24, 2.45) is 17.8 Å². The summed E-state index contributed by atoms with van der Waals surface area (Å²) in [6, 6.07) is 10.4. The first-order valence-electron chi connectivity index (χ1n) is 10.8. The molecular formula is C24H27ClN3O2+. The van der Waals surface area contributed by atoms with Gasteiger partial charge in [0.25, 0.3) is 0 Å². The number of pyridine rings is 1. The molecule has 1 fully saturated rings. The van der Waals surface area contributed by atoms with Crippen LogP contribution in [0.25, 0.3) is 0 Å². The number of fused-ring (bicyclic) bond motifs is 3. The number of aromatic nitrogens is 1. The first kappa shape index (κ1) is 19.6. The number of benzene rings is 1. The van der Waals surface area contributed by atoms with Crippen molar-refractivity contribution >= 4 is 35.0 Å². The van der Waals surface area contributed by atoms with Crippen LogP contribution in [0.1, 0.15) is 24.8 Å². The molecule has 0 amide bonds. The first-order valence-corrected chi connectivity index (χ1v) is 11.2. The van der Waals surface area contributed by atoms with E-state index in [2.05, 4.69) is 44.9 Å². The number of ketones is 1. The highest BCUT2D eigenvalue weighted by atomic mass is 35.5. The number of hydrogen-bond donors (Lipinski definition) is 0. The molecule has 0 radical (unpaired) electrons. The van der Waals surface area contributed by atoms with Gasteiger partial charge in [0, 0.05) is 30.0 Å². The molecule has 1 aliphatic carbocycles. The van der Waals surface area contributed by atoms with Gasteiger partial charge in [-0.1, -0.05) is 29.8 Å². The SMILES string of the molecule is COc1cc([N+]2=CC3CCC(C2)[C@@H]3C(=O)CN2CCCc3ccccc32)c(Cl)cn1. The number of ether oxygens (including phenoxy) is 1. The molecule has 1 aromatic carbocycles. The summed E-state index contributed by atoms with van der Waals surface area (Å²) in [4.78, 5) is 19.9. The Morgan fingerprint density at radius 1 is 1.33 bits per heavy atom. The third-order valence-electron chi connectivity index (χ3n) is 6.90. The maximum absolute atomic E-state index is 13.4. The zero-order chi connectivity index (χ0) is 20.7. The molecule has 0 saturated heterocycles. The molecule has 3 atom stereocenters. The van der Waals surface area contributed by atoms with Crippen LogP contribution >= 0.6 is 11.6 Å². The summed E-state index contributed by atoms with van der Waals surface area (Å²) < 4.78 is 7.48. The van der Waals surface area contributed by atoms with Crippen LogP contribution in [0, 0.1) is 17.8 Å². The van der Waals surface area contributed by atoms with Gasteiger partial charge in [-0.15, -0.1) is 0 Å². The highest BCUT2D eigenvalue weighted by molar-refractivity contribution is 6.32.